The van der Waals surface area contributed by atoms with Gasteiger partial charge in [0.2, 0.25) is 0 Å². The Morgan fingerprint density at radius 3 is 2.52 bits per heavy atom. The van der Waals surface area contributed by atoms with Crippen molar-refractivity contribution in [2.24, 2.45) is 5.92 Å². The first-order chi connectivity index (χ1) is 10.1. The first-order valence-corrected chi connectivity index (χ1v) is 8.48. The highest BCUT2D eigenvalue weighted by Gasteiger charge is 2.37. The van der Waals surface area contributed by atoms with Crippen LogP contribution in [0.3, 0.4) is 0 Å². The molecule has 3 nitrogen and oxygen atoms in total. The van der Waals surface area contributed by atoms with E-state index in [0.717, 1.165) is 19.5 Å². The highest BCUT2D eigenvalue weighted by molar-refractivity contribution is 5.10. The maximum atomic E-state index is 4.11. The summed E-state index contributed by atoms with van der Waals surface area (Å²) in [6.07, 6.45) is 7.33. The Bertz CT molecular complexity index is 412. The van der Waals surface area contributed by atoms with Gasteiger partial charge in [-0.05, 0) is 42.9 Å². The molecular formula is C18H31N3. The van der Waals surface area contributed by atoms with Gasteiger partial charge in [-0.25, -0.2) is 0 Å². The van der Waals surface area contributed by atoms with Crippen LogP contribution in [0, 0.1) is 5.92 Å². The van der Waals surface area contributed by atoms with Crippen molar-refractivity contribution in [2.75, 3.05) is 19.6 Å². The summed E-state index contributed by atoms with van der Waals surface area (Å²) in [4.78, 5) is 6.83. The zero-order valence-corrected chi connectivity index (χ0v) is 14.1. The number of hydrogen-bond acceptors (Lipinski definition) is 3. The number of nitrogens with one attached hydrogen (secondary N) is 1. The monoisotopic (exact) mass is 289 g/mol. The highest BCUT2D eigenvalue weighted by Crippen LogP contribution is 2.25. The lowest BCUT2D eigenvalue weighted by molar-refractivity contribution is 0.0514. The standard InChI is InChI=1S/C18H31N3/c1-5-18(6-2)14-21(17(13-20-18)15(3)4)12-9-16-7-10-19-11-8-16/h7-8,10-11,15,17,20H,5-6,9,12-14H2,1-4H3. The lowest BCUT2D eigenvalue weighted by Gasteiger charge is -2.49. The van der Waals surface area contributed by atoms with Crippen LogP contribution in [0.2, 0.25) is 0 Å². The third-order valence-electron chi connectivity index (χ3n) is 5.22. The van der Waals surface area contributed by atoms with E-state index in [0.29, 0.717) is 17.5 Å². The summed E-state index contributed by atoms with van der Waals surface area (Å²) < 4.78 is 0. The quantitative estimate of drug-likeness (QED) is 0.872. The fourth-order valence-corrected chi connectivity index (χ4v) is 3.46. The molecule has 1 atom stereocenters. The first-order valence-electron chi connectivity index (χ1n) is 8.48. The molecule has 1 N–H and O–H groups in total. The molecule has 2 rings (SSSR count). The zero-order chi connectivity index (χ0) is 15.3. The molecule has 0 radical (unpaired) electrons. The molecule has 0 saturated carbocycles. The Morgan fingerprint density at radius 1 is 1.29 bits per heavy atom. The summed E-state index contributed by atoms with van der Waals surface area (Å²) in [5.41, 5.74) is 1.70. The summed E-state index contributed by atoms with van der Waals surface area (Å²) in [5.74, 6) is 0.696. The number of rotatable bonds is 6. The molecule has 0 bridgehead atoms. The fourth-order valence-electron chi connectivity index (χ4n) is 3.46. The van der Waals surface area contributed by atoms with E-state index in [9.17, 15) is 0 Å². The molecule has 1 aromatic rings. The van der Waals surface area contributed by atoms with Crippen molar-refractivity contribution in [3.63, 3.8) is 0 Å². The van der Waals surface area contributed by atoms with Crippen molar-refractivity contribution in [1.82, 2.24) is 15.2 Å². The highest BCUT2D eigenvalue weighted by atomic mass is 15.3. The van der Waals surface area contributed by atoms with Crippen LogP contribution in [0.1, 0.15) is 46.1 Å². The van der Waals surface area contributed by atoms with Gasteiger partial charge >= 0.3 is 0 Å². The lowest BCUT2D eigenvalue weighted by Crippen LogP contribution is -2.65. The predicted octanol–water partition coefficient (Wildman–Crippen LogP) is 3.11. The van der Waals surface area contributed by atoms with E-state index >= 15 is 0 Å². The number of nitrogens with zero attached hydrogens (tertiary/aromatic N) is 2. The maximum absolute atomic E-state index is 4.11. The van der Waals surface area contributed by atoms with Crippen LogP contribution in [0.15, 0.2) is 24.5 Å². The Morgan fingerprint density at radius 2 is 1.95 bits per heavy atom. The van der Waals surface area contributed by atoms with Crippen LogP contribution in [0.25, 0.3) is 0 Å². The van der Waals surface area contributed by atoms with E-state index in [2.05, 4.69) is 55.0 Å². The summed E-state index contributed by atoms with van der Waals surface area (Å²) in [7, 11) is 0. The molecule has 1 unspecified atom stereocenters. The molecule has 118 valence electrons. The van der Waals surface area contributed by atoms with E-state index in [1.165, 1.54) is 24.9 Å². The van der Waals surface area contributed by atoms with Gasteiger partial charge in [0.25, 0.3) is 0 Å². The molecule has 1 aliphatic heterocycles. The SMILES string of the molecule is CCC1(CC)CN(CCc2ccncc2)C(C(C)C)CN1. The summed E-state index contributed by atoms with van der Waals surface area (Å²) in [6, 6.07) is 4.93. The van der Waals surface area contributed by atoms with Crippen molar-refractivity contribution < 1.29 is 0 Å². The minimum Gasteiger partial charge on any atom is -0.308 e. The van der Waals surface area contributed by atoms with Crippen LogP contribution < -0.4 is 5.32 Å². The number of piperazine rings is 1. The Labute approximate surface area is 130 Å². The van der Waals surface area contributed by atoms with Gasteiger partial charge in [0.05, 0.1) is 0 Å². The van der Waals surface area contributed by atoms with Gasteiger partial charge in [-0.1, -0.05) is 27.7 Å². The maximum Gasteiger partial charge on any atom is 0.0304 e. The molecule has 3 heteroatoms. The normalized spacial score (nSPS) is 22.6. The second-order valence-corrected chi connectivity index (χ2v) is 6.76. The Hall–Kier alpha value is -0.930. The van der Waals surface area contributed by atoms with Gasteiger partial charge in [-0.2, -0.15) is 0 Å². The first kappa shape index (κ1) is 16.4. The van der Waals surface area contributed by atoms with Crippen LogP contribution in [0.5, 0.6) is 0 Å². The van der Waals surface area contributed by atoms with Gasteiger partial charge < -0.3 is 5.32 Å². The average molecular weight is 289 g/mol. The average Bonchev–Trinajstić information content (AvgIpc) is 2.53. The fraction of sp³-hybridized carbons (Fsp3) is 0.722. The van der Waals surface area contributed by atoms with Crippen molar-refractivity contribution in [3.8, 4) is 0 Å². The van der Waals surface area contributed by atoms with E-state index < -0.39 is 0 Å². The molecule has 21 heavy (non-hydrogen) atoms. The van der Waals surface area contributed by atoms with Crippen LogP contribution >= 0.6 is 0 Å². The van der Waals surface area contributed by atoms with Gasteiger partial charge in [0, 0.05) is 43.6 Å². The van der Waals surface area contributed by atoms with Crippen molar-refractivity contribution in [1.29, 1.82) is 0 Å². The summed E-state index contributed by atoms with van der Waals surface area (Å²) in [5, 5.41) is 3.84. The molecule has 1 fully saturated rings. The molecule has 1 saturated heterocycles. The van der Waals surface area contributed by atoms with Gasteiger partial charge in [-0.3, -0.25) is 9.88 Å². The summed E-state index contributed by atoms with van der Waals surface area (Å²) in [6.45, 7) is 12.8. The molecule has 1 aromatic heterocycles. The zero-order valence-electron chi connectivity index (χ0n) is 14.1. The van der Waals surface area contributed by atoms with Crippen molar-refractivity contribution in [3.05, 3.63) is 30.1 Å². The molecule has 0 aliphatic carbocycles. The van der Waals surface area contributed by atoms with Crippen LogP contribution in [0.4, 0.5) is 0 Å². The molecule has 1 aliphatic rings. The summed E-state index contributed by atoms with van der Waals surface area (Å²) >= 11 is 0. The molecule has 2 heterocycles. The smallest absolute Gasteiger partial charge is 0.0304 e. The predicted molar refractivity (Wildman–Crippen MR) is 89.5 cm³/mol. The largest absolute Gasteiger partial charge is 0.308 e. The molecular weight excluding hydrogens is 258 g/mol. The van der Waals surface area contributed by atoms with Gasteiger partial charge in [0.15, 0.2) is 0 Å². The Balaban J connectivity index is 2.03. The van der Waals surface area contributed by atoms with Gasteiger partial charge in [0.1, 0.15) is 0 Å². The van der Waals surface area contributed by atoms with E-state index in [4.69, 9.17) is 0 Å². The van der Waals surface area contributed by atoms with Crippen molar-refractivity contribution in [2.45, 2.75) is 58.5 Å². The second kappa shape index (κ2) is 7.37. The number of hydrogen-bond donors (Lipinski definition) is 1. The Kier molecular flexibility index (Phi) is 5.77. The molecule has 0 spiro atoms. The van der Waals surface area contributed by atoms with E-state index in [1.54, 1.807) is 0 Å². The second-order valence-electron chi connectivity index (χ2n) is 6.76. The van der Waals surface area contributed by atoms with Crippen LogP contribution in [-0.4, -0.2) is 41.1 Å². The molecule has 0 amide bonds. The number of pyridine rings is 1. The lowest BCUT2D eigenvalue weighted by atomic mass is 9.86. The topological polar surface area (TPSA) is 28.2 Å². The molecule has 0 aromatic carbocycles. The third-order valence-corrected chi connectivity index (χ3v) is 5.22. The third kappa shape index (κ3) is 4.04. The minimum absolute atomic E-state index is 0.309. The van der Waals surface area contributed by atoms with Crippen LogP contribution in [-0.2, 0) is 6.42 Å². The number of aromatic nitrogens is 1. The van der Waals surface area contributed by atoms with Gasteiger partial charge in [-0.15, -0.1) is 0 Å². The van der Waals surface area contributed by atoms with E-state index in [1.807, 2.05) is 12.4 Å². The minimum atomic E-state index is 0.309. The van der Waals surface area contributed by atoms with Crippen molar-refractivity contribution >= 4 is 0 Å². The van der Waals surface area contributed by atoms with E-state index in [-0.39, 0.29) is 0 Å².